The molecule has 0 unspecified atom stereocenters. The number of rotatable bonds is 2. The fraction of sp³-hybridized carbons (Fsp3) is 0.312. The highest BCUT2D eigenvalue weighted by Crippen LogP contribution is 2.23. The van der Waals surface area contributed by atoms with E-state index in [-0.39, 0.29) is 11.4 Å². The number of hydrogen-bond donors (Lipinski definition) is 1. The molecule has 0 saturated heterocycles. The number of nitrogens with one attached hydrogen (secondary N) is 1. The number of carbonyl (C=O) groups excluding carboxylic acids is 1. The molecule has 0 aromatic carbocycles. The molecule has 0 fully saturated rings. The molecule has 3 aromatic rings. The average Bonchev–Trinajstić information content (AvgIpc) is 3.02. The van der Waals surface area contributed by atoms with Gasteiger partial charge in [0.05, 0.1) is 6.20 Å². The maximum atomic E-state index is 12.4. The van der Waals surface area contributed by atoms with Crippen LogP contribution >= 0.6 is 0 Å². The molecule has 1 amide bonds. The first-order chi connectivity index (χ1) is 10.3. The van der Waals surface area contributed by atoms with Crippen LogP contribution in [0.2, 0.25) is 0 Å². The van der Waals surface area contributed by atoms with Crippen LogP contribution in [0.15, 0.2) is 35.0 Å². The molecule has 0 saturated carbocycles. The molecule has 3 aromatic heterocycles. The minimum absolute atomic E-state index is 0.192. The Bertz CT molecular complexity index is 839. The highest BCUT2D eigenvalue weighted by molar-refractivity contribution is 6.00. The van der Waals surface area contributed by atoms with Crippen molar-refractivity contribution < 1.29 is 9.21 Å². The van der Waals surface area contributed by atoms with Crippen molar-refractivity contribution in [2.45, 2.75) is 33.2 Å². The quantitative estimate of drug-likeness (QED) is 0.789. The average molecular weight is 298 g/mol. The van der Waals surface area contributed by atoms with Crippen LogP contribution in [0.5, 0.6) is 0 Å². The number of furan rings is 1. The molecule has 1 N–H and O–H groups in total. The summed E-state index contributed by atoms with van der Waals surface area (Å²) in [4.78, 5) is 16.6. The zero-order valence-electron chi connectivity index (χ0n) is 13.0. The molecule has 0 atom stereocenters. The highest BCUT2D eigenvalue weighted by Gasteiger charge is 2.21. The van der Waals surface area contributed by atoms with Gasteiger partial charge in [-0.3, -0.25) is 4.79 Å². The smallest absolute Gasteiger partial charge is 0.257 e. The summed E-state index contributed by atoms with van der Waals surface area (Å²) in [6, 6.07) is 5.57. The van der Waals surface area contributed by atoms with Crippen molar-refractivity contribution in [3.8, 4) is 11.5 Å². The zero-order chi connectivity index (χ0) is 15.9. The van der Waals surface area contributed by atoms with Crippen LogP contribution < -0.4 is 5.32 Å². The molecule has 0 bridgehead atoms. The molecule has 6 heteroatoms. The normalized spacial score (nSPS) is 11.8. The van der Waals surface area contributed by atoms with Gasteiger partial charge >= 0.3 is 0 Å². The summed E-state index contributed by atoms with van der Waals surface area (Å²) in [5.74, 6) is 1.32. The van der Waals surface area contributed by atoms with Gasteiger partial charge < -0.3 is 9.73 Å². The van der Waals surface area contributed by atoms with Crippen molar-refractivity contribution in [2.75, 3.05) is 0 Å². The van der Waals surface area contributed by atoms with Crippen LogP contribution in [0.3, 0.4) is 0 Å². The number of carbonyl (C=O) groups is 1. The van der Waals surface area contributed by atoms with E-state index in [2.05, 4.69) is 15.4 Å². The summed E-state index contributed by atoms with van der Waals surface area (Å²) in [6.45, 7) is 7.68. The Balaban J connectivity index is 2.08. The minimum atomic E-state index is -0.318. The Hall–Kier alpha value is -2.63. The SMILES string of the molecule is Cc1ccc(-c2ccnc3c(C(=O)NC(C)(C)C)cnn23)o1. The summed E-state index contributed by atoms with van der Waals surface area (Å²) in [5, 5.41) is 7.21. The summed E-state index contributed by atoms with van der Waals surface area (Å²) in [6.07, 6.45) is 3.18. The van der Waals surface area contributed by atoms with Gasteiger partial charge in [-0.05, 0) is 45.9 Å². The van der Waals surface area contributed by atoms with Crippen molar-refractivity contribution in [1.82, 2.24) is 19.9 Å². The first-order valence-corrected chi connectivity index (χ1v) is 7.07. The summed E-state index contributed by atoms with van der Waals surface area (Å²) < 4.78 is 7.26. The second-order valence-corrected chi connectivity index (χ2v) is 6.24. The maximum Gasteiger partial charge on any atom is 0.257 e. The summed E-state index contributed by atoms with van der Waals surface area (Å²) >= 11 is 0. The van der Waals surface area contributed by atoms with Crippen LogP contribution in [-0.4, -0.2) is 26.0 Å². The monoisotopic (exact) mass is 298 g/mol. The molecule has 22 heavy (non-hydrogen) atoms. The van der Waals surface area contributed by atoms with Crippen LogP contribution in [0, 0.1) is 6.92 Å². The van der Waals surface area contributed by atoms with E-state index in [0.29, 0.717) is 17.0 Å². The van der Waals surface area contributed by atoms with E-state index in [0.717, 1.165) is 11.5 Å². The topological polar surface area (TPSA) is 72.4 Å². The molecule has 0 aliphatic heterocycles. The van der Waals surface area contributed by atoms with E-state index in [1.165, 1.54) is 6.20 Å². The van der Waals surface area contributed by atoms with Crippen molar-refractivity contribution in [1.29, 1.82) is 0 Å². The Labute approximate surface area is 128 Å². The van der Waals surface area contributed by atoms with E-state index in [4.69, 9.17) is 4.42 Å². The van der Waals surface area contributed by atoms with E-state index in [1.807, 2.05) is 45.9 Å². The molecule has 6 nitrogen and oxygen atoms in total. The van der Waals surface area contributed by atoms with Crippen molar-refractivity contribution in [3.05, 3.63) is 41.9 Å². The molecular weight excluding hydrogens is 280 g/mol. The molecule has 0 radical (unpaired) electrons. The van der Waals surface area contributed by atoms with Crippen LogP contribution in [0.1, 0.15) is 36.9 Å². The number of hydrogen-bond acceptors (Lipinski definition) is 4. The van der Waals surface area contributed by atoms with Gasteiger partial charge in [-0.2, -0.15) is 5.10 Å². The van der Waals surface area contributed by atoms with Crippen LogP contribution in [0.4, 0.5) is 0 Å². The van der Waals surface area contributed by atoms with E-state index < -0.39 is 0 Å². The number of aryl methyl sites for hydroxylation is 1. The molecule has 0 aliphatic rings. The predicted molar refractivity (Wildman–Crippen MR) is 82.6 cm³/mol. The number of aromatic nitrogens is 3. The van der Waals surface area contributed by atoms with E-state index in [9.17, 15) is 4.79 Å². The predicted octanol–water partition coefficient (Wildman–Crippen LogP) is 2.83. The third kappa shape index (κ3) is 2.59. The third-order valence-corrected chi connectivity index (χ3v) is 3.13. The number of amides is 1. The van der Waals surface area contributed by atoms with Crippen LogP contribution in [-0.2, 0) is 0 Å². The first kappa shape index (κ1) is 14.3. The van der Waals surface area contributed by atoms with Gasteiger partial charge in [0, 0.05) is 11.7 Å². The van der Waals surface area contributed by atoms with Crippen molar-refractivity contribution >= 4 is 11.6 Å². The Kier molecular flexibility index (Phi) is 3.24. The summed E-state index contributed by atoms with van der Waals surface area (Å²) in [7, 11) is 0. The van der Waals surface area contributed by atoms with Gasteiger partial charge in [-0.15, -0.1) is 0 Å². The standard InChI is InChI=1S/C16H18N4O2/c1-10-5-6-13(22-10)12-7-8-17-14-11(9-18-20(12)14)15(21)19-16(2,3)4/h5-9H,1-4H3,(H,19,21). The van der Waals surface area contributed by atoms with Crippen LogP contribution in [0.25, 0.3) is 17.1 Å². The molecule has 3 heterocycles. The Morgan fingerprint density at radius 2 is 2.05 bits per heavy atom. The third-order valence-electron chi connectivity index (χ3n) is 3.13. The zero-order valence-corrected chi connectivity index (χ0v) is 13.0. The minimum Gasteiger partial charge on any atom is -0.460 e. The number of nitrogens with zero attached hydrogens (tertiary/aromatic N) is 3. The second kappa shape index (κ2) is 4.98. The molecule has 114 valence electrons. The van der Waals surface area contributed by atoms with Gasteiger partial charge in [-0.25, -0.2) is 9.50 Å². The highest BCUT2D eigenvalue weighted by atomic mass is 16.3. The number of fused-ring (bicyclic) bond motifs is 1. The molecule has 0 spiro atoms. The largest absolute Gasteiger partial charge is 0.460 e. The first-order valence-electron chi connectivity index (χ1n) is 7.07. The lowest BCUT2D eigenvalue weighted by molar-refractivity contribution is 0.0921. The summed E-state index contributed by atoms with van der Waals surface area (Å²) in [5.41, 5.74) is 1.39. The second-order valence-electron chi connectivity index (χ2n) is 6.24. The van der Waals surface area contributed by atoms with Gasteiger partial charge in [0.2, 0.25) is 0 Å². The lowest BCUT2D eigenvalue weighted by Gasteiger charge is -2.19. The lowest BCUT2D eigenvalue weighted by Crippen LogP contribution is -2.40. The molecular formula is C16H18N4O2. The Morgan fingerprint density at radius 1 is 1.27 bits per heavy atom. The van der Waals surface area contributed by atoms with Gasteiger partial charge in [0.15, 0.2) is 11.4 Å². The maximum absolute atomic E-state index is 12.4. The fourth-order valence-electron chi connectivity index (χ4n) is 2.22. The molecule has 3 rings (SSSR count). The van der Waals surface area contributed by atoms with E-state index in [1.54, 1.807) is 10.7 Å². The van der Waals surface area contributed by atoms with E-state index >= 15 is 0 Å². The lowest BCUT2D eigenvalue weighted by atomic mass is 10.1. The van der Waals surface area contributed by atoms with Gasteiger partial charge in [0.25, 0.3) is 5.91 Å². The van der Waals surface area contributed by atoms with Gasteiger partial charge in [0.1, 0.15) is 17.0 Å². The fourth-order valence-corrected chi connectivity index (χ4v) is 2.22. The molecule has 0 aliphatic carbocycles. The van der Waals surface area contributed by atoms with Crippen molar-refractivity contribution in [3.63, 3.8) is 0 Å². The Morgan fingerprint density at radius 3 is 2.68 bits per heavy atom. The van der Waals surface area contributed by atoms with Crippen molar-refractivity contribution in [2.24, 2.45) is 0 Å². The van der Waals surface area contributed by atoms with Gasteiger partial charge in [-0.1, -0.05) is 0 Å².